The van der Waals surface area contributed by atoms with E-state index in [1.165, 1.54) is 11.8 Å². The van der Waals surface area contributed by atoms with Gasteiger partial charge in [-0.25, -0.2) is 4.98 Å². The van der Waals surface area contributed by atoms with Gasteiger partial charge in [0.05, 0.1) is 12.3 Å². The average molecular weight is 351 g/mol. The molecule has 0 N–H and O–H groups in total. The Hall–Kier alpha value is -2.53. The van der Waals surface area contributed by atoms with Crippen molar-refractivity contribution in [3.63, 3.8) is 0 Å². The fourth-order valence-electron chi connectivity index (χ4n) is 2.58. The summed E-state index contributed by atoms with van der Waals surface area (Å²) in [6.07, 6.45) is 3.63. The van der Waals surface area contributed by atoms with Gasteiger partial charge in [0.2, 0.25) is 5.91 Å². The van der Waals surface area contributed by atoms with Gasteiger partial charge in [-0.3, -0.25) is 4.79 Å². The van der Waals surface area contributed by atoms with E-state index < -0.39 is 0 Å². The summed E-state index contributed by atoms with van der Waals surface area (Å²) in [4.78, 5) is 19.1. The summed E-state index contributed by atoms with van der Waals surface area (Å²) >= 11 is 1.46. The summed E-state index contributed by atoms with van der Waals surface area (Å²) in [7, 11) is 1.93. The van der Waals surface area contributed by atoms with Crippen molar-refractivity contribution in [3.05, 3.63) is 78.1 Å². The number of rotatable bonds is 6. The van der Waals surface area contributed by atoms with Crippen molar-refractivity contribution in [2.24, 2.45) is 7.05 Å². The Labute approximate surface area is 152 Å². The molecule has 0 unspecified atom stereocenters. The van der Waals surface area contributed by atoms with Crippen molar-refractivity contribution in [1.29, 1.82) is 0 Å². The van der Waals surface area contributed by atoms with Crippen LogP contribution in [0.2, 0.25) is 0 Å². The highest BCUT2D eigenvalue weighted by Crippen LogP contribution is 2.22. The second kappa shape index (κ2) is 8.03. The first kappa shape index (κ1) is 17.3. The third kappa shape index (κ3) is 4.51. The van der Waals surface area contributed by atoms with Gasteiger partial charge in [-0.1, -0.05) is 54.2 Å². The van der Waals surface area contributed by atoms with Gasteiger partial charge in [0.1, 0.15) is 0 Å². The molecular weight excluding hydrogens is 330 g/mol. The number of nitrogens with zero attached hydrogens (tertiary/aromatic N) is 3. The molecule has 0 saturated carbocycles. The number of hydrogen-bond donors (Lipinski definition) is 0. The summed E-state index contributed by atoms with van der Waals surface area (Å²) in [5.74, 6) is 0.425. The molecule has 0 radical (unpaired) electrons. The highest BCUT2D eigenvalue weighted by Gasteiger charge is 2.17. The van der Waals surface area contributed by atoms with Gasteiger partial charge in [-0.05, 0) is 30.2 Å². The van der Waals surface area contributed by atoms with Crippen molar-refractivity contribution < 1.29 is 4.79 Å². The molecule has 0 spiro atoms. The second-order valence-electron chi connectivity index (χ2n) is 5.91. The fraction of sp³-hybridized carbons (Fsp3) is 0.200. The SMILES string of the molecule is Cc1cccc(N(Cc2ccccc2)C(=O)CSc2nccn2C)c1. The second-order valence-corrected chi connectivity index (χ2v) is 6.86. The third-order valence-corrected chi connectivity index (χ3v) is 4.94. The van der Waals surface area contributed by atoms with Gasteiger partial charge in [-0.15, -0.1) is 0 Å². The average Bonchev–Trinajstić information content (AvgIpc) is 3.03. The molecule has 1 aromatic heterocycles. The number of anilines is 1. The van der Waals surface area contributed by atoms with E-state index in [0.29, 0.717) is 12.3 Å². The molecule has 5 heteroatoms. The highest BCUT2D eigenvalue weighted by atomic mass is 32.2. The molecule has 0 aliphatic heterocycles. The predicted molar refractivity (Wildman–Crippen MR) is 103 cm³/mol. The summed E-state index contributed by atoms with van der Waals surface area (Å²) in [6.45, 7) is 2.60. The zero-order chi connectivity index (χ0) is 17.6. The minimum atomic E-state index is 0.0717. The third-order valence-electron chi connectivity index (χ3n) is 3.90. The quantitative estimate of drug-likeness (QED) is 0.629. The van der Waals surface area contributed by atoms with Crippen LogP contribution in [0.4, 0.5) is 5.69 Å². The number of carbonyl (C=O) groups excluding carboxylic acids is 1. The molecule has 1 amide bonds. The van der Waals surface area contributed by atoms with Crippen LogP contribution in [0.5, 0.6) is 0 Å². The van der Waals surface area contributed by atoms with Gasteiger partial charge >= 0.3 is 0 Å². The van der Waals surface area contributed by atoms with Crippen molar-refractivity contribution in [2.45, 2.75) is 18.6 Å². The molecule has 1 heterocycles. The zero-order valence-corrected chi connectivity index (χ0v) is 15.2. The number of aryl methyl sites for hydroxylation is 2. The number of aromatic nitrogens is 2. The molecule has 0 atom stereocenters. The Bertz CT molecular complexity index is 845. The first-order valence-electron chi connectivity index (χ1n) is 8.14. The van der Waals surface area contributed by atoms with Gasteiger partial charge in [-0.2, -0.15) is 0 Å². The lowest BCUT2D eigenvalue weighted by atomic mass is 10.1. The summed E-state index contributed by atoms with van der Waals surface area (Å²) < 4.78 is 1.92. The molecule has 0 saturated heterocycles. The molecule has 4 nitrogen and oxygen atoms in total. The van der Waals surface area contributed by atoms with E-state index in [4.69, 9.17) is 0 Å². The normalized spacial score (nSPS) is 10.6. The number of carbonyl (C=O) groups is 1. The van der Waals surface area contributed by atoms with Gasteiger partial charge in [0, 0.05) is 25.1 Å². The van der Waals surface area contributed by atoms with Gasteiger partial charge in [0.25, 0.3) is 0 Å². The van der Waals surface area contributed by atoms with Crippen LogP contribution in [0.3, 0.4) is 0 Å². The van der Waals surface area contributed by atoms with Crippen LogP contribution >= 0.6 is 11.8 Å². The molecule has 0 fully saturated rings. The van der Waals surface area contributed by atoms with Crippen LogP contribution in [-0.4, -0.2) is 21.2 Å². The van der Waals surface area contributed by atoms with E-state index in [0.717, 1.165) is 22.0 Å². The lowest BCUT2D eigenvalue weighted by Gasteiger charge is -2.23. The van der Waals surface area contributed by atoms with E-state index in [2.05, 4.69) is 4.98 Å². The molecule has 25 heavy (non-hydrogen) atoms. The Balaban J connectivity index is 1.80. The number of amides is 1. The van der Waals surface area contributed by atoms with Gasteiger partial charge in [0.15, 0.2) is 5.16 Å². The van der Waals surface area contributed by atoms with Crippen LogP contribution in [0.25, 0.3) is 0 Å². The molecule has 0 aliphatic rings. The molecule has 2 aromatic carbocycles. The highest BCUT2D eigenvalue weighted by molar-refractivity contribution is 7.99. The Kier molecular flexibility index (Phi) is 5.56. The maximum atomic E-state index is 12.9. The van der Waals surface area contributed by atoms with E-state index >= 15 is 0 Å². The van der Waals surface area contributed by atoms with E-state index in [1.807, 2.05) is 84.2 Å². The van der Waals surface area contributed by atoms with Crippen molar-refractivity contribution in [3.8, 4) is 0 Å². The standard InChI is InChI=1S/C20H21N3OS/c1-16-7-6-10-18(13-16)23(14-17-8-4-3-5-9-17)19(24)15-25-20-21-11-12-22(20)2/h3-13H,14-15H2,1-2H3. The van der Waals surface area contributed by atoms with Crippen LogP contribution in [0.1, 0.15) is 11.1 Å². The first-order valence-corrected chi connectivity index (χ1v) is 9.13. The zero-order valence-electron chi connectivity index (χ0n) is 14.4. The Morgan fingerprint density at radius 1 is 1.16 bits per heavy atom. The predicted octanol–water partition coefficient (Wildman–Crippen LogP) is 4.05. The topological polar surface area (TPSA) is 38.1 Å². The smallest absolute Gasteiger partial charge is 0.237 e. The van der Waals surface area contributed by atoms with Crippen molar-refractivity contribution >= 4 is 23.4 Å². The maximum Gasteiger partial charge on any atom is 0.237 e. The molecule has 3 aromatic rings. The lowest BCUT2D eigenvalue weighted by molar-refractivity contribution is -0.116. The Morgan fingerprint density at radius 2 is 1.96 bits per heavy atom. The fourth-order valence-corrected chi connectivity index (χ4v) is 3.39. The largest absolute Gasteiger partial charge is 0.329 e. The molecular formula is C20H21N3OS. The van der Waals surface area contributed by atoms with Gasteiger partial charge < -0.3 is 9.47 Å². The number of imidazole rings is 1. The van der Waals surface area contributed by atoms with E-state index in [-0.39, 0.29) is 5.91 Å². The van der Waals surface area contributed by atoms with Crippen LogP contribution < -0.4 is 4.90 Å². The van der Waals surface area contributed by atoms with E-state index in [1.54, 1.807) is 6.20 Å². The molecule has 3 rings (SSSR count). The number of benzene rings is 2. The van der Waals surface area contributed by atoms with Crippen LogP contribution in [-0.2, 0) is 18.4 Å². The molecule has 0 aliphatic carbocycles. The van der Waals surface area contributed by atoms with Crippen LogP contribution in [0, 0.1) is 6.92 Å². The van der Waals surface area contributed by atoms with Crippen molar-refractivity contribution in [2.75, 3.05) is 10.7 Å². The first-order chi connectivity index (χ1) is 12.1. The van der Waals surface area contributed by atoms with Crippen LogP contribution in [0.15, 0.2) is 72.1 Å². The number of thioether (sulfide) groups is 1. The summed E-state index contributed by atoms with van der Waals surface area (Å²) in [5.41, 5.74) is 3.17. The number of hydrogen-bond acceptors (Lipinski definition) is 3. The van der Waals surface area contributed by atoms with E-state index in [9.17, 15) is 4.79 Å². The van der Waals surface area contributed by atoms with Crippen molar-refractivity contribution in [1.82, 2.24) is 9.55 Å². The molecule has 128 valence electrons. The molecule has 0 bridgehead atoms. The minimum Gasteiger partial charge on any atom is -0.329 e. The lowest BCUT2D eigenvalue weighted by Crippen LogP contribution is -2.32. The minimum absolute atomic E-state index is 0.0717. The Morgan fingerprint density at radius 3 is 2.64 bits per heavy atom. The summed E-state index contributed by atoms with van der Waals surface area (Å²) in [6, 6.07) is 18.1. The monoisotopic (exact) mass is 351 g/mol. The summed E-state index contributed by atoms with van der Waals surface area (Å²) in [5, 5.41) is 0.845. The maximum absolute atomic E-state index is 12.9.